The number of carbonyl (C=O) groups excluding carboxylic acids is 2. The molecule has 0 aliphatic carbocycles. The number of hydrogen-bond donors (Lipinski definition) is 0. The first-order valence-electron chi connectivity index (χ1n) is 4.00. The molecule has 1 radical (unpaired) electrons. The van der Waals surface area contributed by atoms with Gasteiger partial charge in [-0.25, -0.2) is 0 Å². The number of thioether (sulfide) groups is 1. The highest BCUT2D eigenvalue weighted by Crippen LogP contribution is 2.26. The number of rotatable bonds is 1. The maximum atomic E-state index is 11.1. The molecule has 0 atom stereocenters. The molecule has 1 fully saturated rings. The van der Waals surface area contributed by atoms with Crippen molar-refractivity contribution in [3.05, 3.63) is 40.8 Å². The Balaban J connectivity index is 2.28. The van der Waals surface area contributed by atoms with Crippen molar-refractivity contribution in [3.63, 3.8) is 0 Å². The molecule has 0 unspecified atom stereocenters. The molecule has 1 saturated heterocycles. The standard InChI is InChI=1S/C10H6NO2S/c12-9-8(14-10(13)11-9)6-7-4-2-1-3-5-7/h1-6H. The predicted octanol–water partition coefficient (Wildman–Crippen LogP) is 2.03. The molecule has 0 spiro atoms. The Hall–Kier alpha value is -1.55. The molecule has 2 amide bonds. The van der Waals surface area contributed by atoms with E-state index in [0.717, 1.165) is 17.3 Å². The molecule has 0 N–H and O–H groups in total. The lowest BCUT2D eigenvalue weighted by Gasteiger charge is -1.92. The average molecular weight is 204 g/mol. The van der Waals surface area contributed by atoms with E-state index in [0.29, 0.717) is 4.91 Å². The minimum atomic E-state index is -0.441. The van der Waals surface area contributed by atoms with E-state index in [1.165, 1.54) is 0 Å². The van der Waals surface area contributed by atoms with Gasteiger partial charge in [-0.3, -0.25) is 9.59 Å². The van der Waals surface area contributed by atoms with Crippen molar-refractivity contribution in [1.82, 2.24) is 5.32 Å². The van der Waals surface area contributed by atoms with Crippen molar-refractivity contribution >= 4 is 29.0 Å². The molecule has 1 aliphatic heterocycles. The van der Waals surface area contributed by atoms with Crippen LogP contribution >= 0.6 is 11.8 Å². The summed E-state index contributed by atoms with van der Waals surface area (Å²) >= 11 is 0.874. The summed E-state index contributed by atoms with van der Waals surface area (Å²) in [6, 6.07) is 9.36. The van der Waals surface area contributed by atoms with E-state index in [4.69, 9.17) is 0 Å². The van der Waals surface area contributed by atoms with Gasteiger partial charge < -0.3 is 0 Å². The van der Waals surface area contributed by atoms with Crippen LogP contribution in [0.4, 0.5) is 4.79 Å². The summed E-state index contributed by atoms with van der Waals surface area (Å²) in [6.45, 7) is 0. The van der Waals surface area contributed by atoms with Gasteiger partial charge >= 0.3 is 5.24 Å². The minimum Gasteiger partial charge on any atom is -0.266 e. The molecule has 69 valence electrons. The smallest absolute Gasteiger partial charge is 0.266 e. The van der Waals surface area contributed by atoms with Crippen molar-refractivity contribution in [1.29, 1.82) is 0 Å². The van der Waals surface area contributed by atoms with Gasteiger partial charge in [-0.1, -0.05) is 30.3 Å². The highest BCUT2D eigenvalue weighted by molar-refractivity contribution is 8.18. The third-order valence-electron chi connectivity index (χ3n) is 1.70. The average Bonchev–Trinajstić information content (AvgIpc) is 2.47. The monoisotopic (exact) mass is 204 g/mol. The molecule has 4 heteroatoms. The second kappa shape index (κ2) is 3.67. The van der Waals surface area contributed by atoms with Gasteiger partial charge in [0.1, 0.15) is 0 Å². The zero-order valence-corrected chi connectivity index (χ0v) is 7.95. The lowest BCUT2D eigenvalue weighted by molar-refractivity contribution is -0.115. The SMILES string of the molecule is O=C1[N]C(=O)C(=Cc2ccccc2)S1. The summed E-state index contributed by atoms with van der Waals surface area (Å²) in [5.74, 6) is -0.441. The third-order valence-corrected chi connectivity index (χ3v) is 2.48. The zero-order chi connectivity index (χ0) is 9.97. The van der Waals surface area contributed by atoms with Gasteiger partial charge in [-0.2, -0.15) is 5.32 Å². The molecule has 1 aliphatic rings. The molecule has 3 nitrogen and oxygen atoms in total. The minimum absolute atomic E-state index is 0.390. The second-order valence-electron chi connectivity index (χ2n) is 2.70. The summed E-state index contributed by atoms with van der Waals surface area (Å²) in [7, 11) is 0. The van der Waals surface area contributed by atoms with Crippen LogP contribution in [0.3, 0.4) is 0 Å². The van der Waals surface area contributed by atoms with Gasteiger partial charge in [0.25, 0.3) is 5.91 Å². The van der Waals surface area contributed by atoms with Crippen molar-refractivity contribution in [2.24, 2.45) is 0 Å². The Kier molecular flexibility index (Phi) is 2.37. The molecule has 1 heterocycles. The summed E-state index contributed by atoms with van der Waals surface area (Å²) < 4.78 is 0. The Labute approximate surface area is 85.2 Å². The number of amides is 2. The molecule has 0 bridgehead atoms. The first-order chi connectivity index (χ1) is 6.75. The maximum absolute atomic E-state index is 11.1. The van der Waals surface area contributed by atoms with Gasteiger partial charge in [-0.05, 0) is 23.4 Å². The Morgan fingerprint density at radius 3 is 2.43 bits per heavy atom. The molecule has 1 aromatic carbocycles. The van der Waals surface area contributed by atoms with Crippen LogP contribution in [0.25, 0.3) is 6.08 Å². The molecule has 1 aromatic rings. The molecule has 0 aromatic heterocycles. The number of carbonyl (C=O) groups is 2. The molecule has 2 rings (SSSR count). The van der Waals surface area contributed by atoms with E-state index in [1.807, 2.05) is 30.3 Å². The van der Waals surface area contributed by atoms with E-state index in [9.17, 15) is 9.59 Å². The van der Waals surface area contributed by atoms with E-state index < -0.39 is 11.1 Å². The van der Waals surface area contributed by atoms with Crippen LogP contribution in [-0.2, 0) is 4.79 Å². The number of benzene rings is 1. The zero-order valence-electron chi connectivity index (χ0n) is 7.14. The number of hydrogen-bond acceptors (Lipinski definition) is 3. The van der Waals surface area contributed by atoms with Crippen LogP contribution in [0.15, 0.2) is 35.2 Å². The quantitative estimate of drug-likeness (QED) is 0.657. The molecular formula is C10H6NO2S. The number of imide groups is 1. The van der Waals surface area contributed by atoms with Crippen LogP contribution in [0.5, 0.6) is 0 Å². The molecular weight excluding hydrogens is 198 g/mol. The first-order valence-corrected chi connectivity index (χ1v) is 4.82. The molecule has 0 saturated carbocycles. The molecule has 14 heavy (non-hydrogen) atoms. The topological polar surface area (TPSA) is 48.2 Å². The summed E-state index contributed by atoms with van der Waals surface area (Å²) in [5, 5.41) is 2.85. The van der Waals surface area contributed by atoms with Crippen molar-refractivity contribution in [2.45, 2.75) is 0 Å². The van der Waals surface area contributed by atoms with Crippen molar-refractivity contribution < 1.29 is 9.59 Å². The van der Waals surface area contributed by atoms with E-state index in [2.05, 4.69) is 5.32 Å². The summed E-state index contributed by atoms with van der Waals surface area (Å²) in [5.41, 5.74) is 0.897. The van der Waals surface area contributed by atoms with Crippen molar-refractivity contribution in [2.75, 3.05) is 0 Å². The van der Waals surface area contributed by atoms with Gasteiger partial charge in [0, 0.05) is 0 Å². The third kappa shape index (κ3) is 1.85. The summed E-state index contributed by atoms with van der Waals surface area (Å²) in [4.78, 5) is 22.3. The lowest BCUT2D eigenvalue weighted by Crippen LogP contribution is -2.08. The fraction of sp³-hybridized carbons (Fsp3) is 0. The van der Waals surface area contributed by atoms with E-state index in [-0.39, 0.29) is 0 Å². The van der Waals surface area contributed by atoms with Crippen molar-refractivity contribution in [3.8, 4) is 0 Å². The van der Waals surface area contributed by atoms with Gasteiger partial charge in [-0.15, -0.1) is 0 Å². The van der Waals surface area contributed by atoms with Crippen LogP contribution in [0, 0.1) is 0 Å². The highest BCUT2D eigenvalue weighted by Gasteiger charge is 2.27. The van der Waals surface area contributed by atoms with Crippen LogP contribution in [0.2, 0.25) is 0 Å². The van der Waals surface area contributed by atoms with Gasteiger partial charge in [0.15, 0.2) is 0 Å². The van der Waals surface area contributed by atoms with Crippen LogP contribution in [0.1, 0.15) is 5.56 Å². The lowest BCUT2D eigenvalue weighted by atomic mass is 10.2. The highest BCUT2D eigenvalue weighted by atomic mass is 32.2. The second-order valence-corrected chi connectivity index (χ2v) is 3.70. The van der Waals surface area contributed by atoms with E-state index >= 15 is 0 Å². The van der Waals surface area contributed by atoms with Crippen LogP contribution in [-0.4, -0.2) is 11.1 Å². The maximum Gasteiger partial charge on any atom is 0.313 e. The normalized spacial score (nSPS) is 18.7. The van der Waals surface area contributed by atoms with Gasteiger partial charge in [0.05, 0.1) is 4.91 Å². The number of nitrogens with zero attached hydrogens (tertiary/aromatic N) is 1. The first kappa shape index (κ1) is 9.02. The fourth-order valence-electron chi connectivity index (χ4n) is 1.09. The Morgan fingerprint density at radius 1 is 1.14 bits per heavy atom. The Morgan fingerprint density at radius 2 is 1.86 bits per heavy atom. The van der Waals surface area contributed by atoms with Gasteiger partial charge in [0.2, 0.25) is 0 Å². The largest absolute Gasteiger partial charge is 0.313 e. The van der Waals surface area contributed by atoms with Crippen LogP contribution < -0.4 is 5.32 Å². The predicted molar refractivity (Wildman–Crippen MR) is 54.5 cm³/mol. The fourth-order valence-corrected chi connectivity index (χ4v) is 1.74. The van der Waals surface area contributed by atoms with E-state index in [1.54, 1.807) is 6.08 Å². The summed E-state index contributed by atoms with van der Waals surface area (Å²) in [6.07, 6.45) is 1.67. The Bertz CT molecular complexity index is 411.